The summed E-state index contributed by atoms with van der Waals surface area (Å²) in [4.78, 5) is 11.3. The van der Waals surface area contributed by atoms with Crippen molar-refractivity contribution in [2.24, 2.45) is 17.3 Å². The number of aliphatic carboxylic acids is 1. The topological polar surface area (TPSA) is 46.5 Å². The maximum atomic E-state index is 11.3. The van der Waals surface area contributed by atoms with Gasteiger partial charge in [-0.3, -0.25) is 4.79 Å². The van der Waals surface area contributed by atoms with Gasteiger partial charge in [0.25, 0.3) is 0 Å². The SMILES string of the molecule is C/C=C/[C@H]1[C@@H]2CC[C@H](OC)[C@]12C(=O)O. The van der Waals surface area contributed by atoms with Crippen LogP contribution < -0.4 is 0 Å². The van der Waals surface area contributed by atoms with E-state index in [9.17, 15) is 9.90 Å². The van der Waals surface area contributed by atoms with Crippen LogP contribution in [0.15, 0.2) is 12.2 Å². The normalized spacial score (nSPS) is 45.4. The van der Waals surface area contributed by atoms with E-state index < -0.39 is 11.4 Å². The first-order valence-electron chi connectivity index (χ1n) is 5.08. The van der Waals surface area contributed by atoms with Gasteiger partial charge in [-0.1, -0.05) is 12.2 Å². The first-order valence-corrected chi connectivity index (χ1v) is 5.08. The average molecular weight is 196 g/mol. The van der Waals surface area contributed by atoms with Crippen molar-refractivity contribution in [3.8, 4) is 0 Å². The van der Waals surface area contributed by atoms with Crippen LogP contribution in [0.25, 0.3) is 0 Å². The molecule has 2 rings (SSSR count). The molecular formula is C11H16O3. The molecule has 3 heteroatoms. The van der Waals surface area contributed by atoms with Gasteiger partial charge in [0.2, 0.25) is 0 Å². The smallest absolute Gasteiger partial charge is 0.313 e. The Morgan fingerprint density at radius 2 is 2.29 bits per heavy atom. The van der Waals surface area contributed by atoms with E-state index in [1.807, 2.05) is 19.1 Å². The van der Waals surface area contributed by atoms with Crippen LogP contribution >= 0.6 is 0 Å². The molecule has 0 radical (unpaired) electrons. The van der Waals surface area contributed by atoms with Crippen LogP contribution in [0.2, 0.25) is 0 Å². The molecule has 78 valence electrons. The van der Waals surface area contributed by atoms with Gasteiger partial charge >= 0.3 is 5.97 Å². The summed E-state index contributed by atoms with van der Waals surface area (Å²) in [7, 11) is 1.61. The number of allylic oxidation sites excluding steroid dienone is 2. The van der Waals surface area contributed by atoms with E-state index >= 15 is 0 Å². The van der Waals surface area contributed by atoms with Crippen LogP contribution in [0, 0.1) is 17.3 Å². The molecule has 2 aliphatic carbocycles. The highest BCUT2D eigenvalue weighted by Gasteiger charge is 2.75. The second-order valence-corrected chi connectivity index (χ2v) is 4.20. The van der Waals surface area contributed by atoms with Crippen molar-refractivity contribution in [3.05, 3.63) is 12.2 Å². The van der Waals surface area contributed by atoms with Crippen molar-refractivity contribution in [1.29, 1.82) is 0 Å². The summed E-state index contributed by atoms with van der Waals surface area (Å²) in [6.45, 7) is 1.94. The lowest BCUT2D eigenvalue weighted by Crippen LogP contribution is -2.31. The fourth-order valence-corrected chi connectivity index (χ4v) is 3.21. The number of hydrogen-bond acceptors (Lipinski definition) is 2. The molecule has 3 nitrogen and oxygen atoms in total. The maximum absolute atomic E-state index is 11.3. The number of carbonyl (C=O) groups is 1. The van der Waals surface area contributed by atoms with Gasteiger partial charge < -0.3 is 9.84 Å². The molecule has 0 aromatic rings. The second-order valence-electron chi connectivity index (χ2n) is 4.20. The third kappa shape index (κ3) is 0.934. The first-order chi connectivity index (χ1) is 6.69. The fraction of sp³-hybridized carbons (Fsp3) is 0.727. The summed E-state index contributed by atoms with van der Waals surface area (Å²) in [5.74, 6) is -0.181. The highest BCUT2D eigenvalue weighted by molar-refractivity contribution is 5.82. The van der Waals surface area contributed by atoms with Gasteiger partial charge in [0.1, 0.15) is 5.41 Å². The van der Waals surface area contributed by atoms with Crippen LogP contribution in [0.5, 0.6) is 0 Å². The van der Waals surface area contributed by atoms with E-state index in [1.54, 1.807) is 7.11 Å². The molecule has 14 heavy (non-hydrogen) atoms. The Morgan fingerprint density at radius 1 is 1.57 bits per heavy atom. The Bertz CT molecular complexity index is 284. The fourth-order valence-electron chi connectivity index (χ4n) is 3.21. The van der Waals surface area contributed by atoms with Gasteiger partial charge in [-0.2, -0.15) is 0 Å². The number of hydrogen-bond donors (Lipinski definition) is 1. The summed E-state index contributed by atoms with van der Waals surface area (Å²) >= 11 is 0. The number of methoxy groups -OCH3 is 1. The largest absolute Gasteiger partial charge is 0.481 e. The molecule has 1 N–H and O–H groups in total. The van der Waals surface area contributed by atoms with Gasteiger partial charge in [-0.05, 0) is 31.6 Å². The predicted molar refractivity (Wildman–Crippen MR) is 51.9 cm³/mol. The number of carboxylic acids is 1. The van der Waals surface area contributed by atoms with Crippen molar-refractivity contribution < 1.29 is 14.6 Å². The zero-order valence-electron chi connectivity index (χ0n) is 8.56. The standard InChI is InChI=1S/C11H16O3/c1-3-4-7-8-5-6-9(14-2)11(7,8)10(12)13/h3-4,7-9H,5-6H2,1-2H3,(H,12,13)/b4-3+/t7-,8-,9-,11-/m0/s1. The Hall–Kier alpha value is -0.830. The average Bonchev–Trinajstić information content (AvgIpc) is 2.65. The molecule has 0 bridgehead atoms. The third-order valence-electron chi connectivity index (χ3n) is 3.82. The Morgan fingerprint density at radius 3 is 2.79 bits per heavy atom. The lowest BCUT2D eigenvalue weighted by Gasteiger charge is -2.19. The molecule has 2 saturated carbocycles. The van der Waals surface area contributed by atoms with Crippen molar-refractivity contribution in [2.75, 3.05) is 7.11 Å². The third-order valence-corrected chi connectivity index (χ3v) is 3.82. The molecule has 0 aromatic heterocycles. The number of ether oxygens (including phenoxy) is 1. The van der Waals surface area contributed by atoms with Gasteiger partial charge in [-0.15, -0.1) is 0 Å². The Kier molecular flexibility index (Phi) is 2.14. The highest BCUT2D eigenvalue weighted by Crippen LogP contribution is 2.69. The van der Waals surface area contributed by atoms with E-state index in [1.165, 1.54) is 0 Å². The predicted octanol–water partition coefficient (Wildman–Crippen LogP) is 1.69. The molecule has 0 aliphatic heterocycles. The van der Waals surface area contributed by atoms with Crippen molar-refractivity contribution in [3.63, 3.8) is 0 Å². The summed E-state index contributed by atoms with van der Waals surface area (Å²) in [5, 5.41) is 9.30. The molecule has 0 saturated heterocycles. The van der Waals surface area contributed by atoms with Gasteiger partial charge in [-0.25, -0.2) is 0 Å². The van der Waals surface area contributed by atoms with Crippen LogP contribution in [0.3, 0.4) is 0 Å². The van der Waals surface area contributed by atoms with E-state index in [4.69, 9.17) is 4.74 Å². The molecule has 2 fully saturated rings. The van der Waals surface area contributed by atoms with Gasteiger partial charge in [0, 0.05) is 7.11 Å². The minimum atomic E-state index is -0.685. The molecule has 0 amide bonds. The van der Waals surface area contributed by atoms with E-state index in [0.29, 0.717) is 5.92 Å². The monoisotopic (exact) mass is 196 g/mol. The molecule has 2 aliphatic rings. The van der Waals surface area contributed by atoms with Crippen molar-refractivity contribution in [2.45, 2.75) is 25.9 Å². The number of carboxylic acid groups (broad SMARTS) is 1. The van der Waals surface area contributed by atoms with E-state index in [0.717, 1.165) is 12.8 Å². The lowest BCUT2D eigenvalue weighted by molar-refractivity contribution is -0.149. The minimum Gasteiger partial charge on any atom is -0.481 e. The van der Waals surface area contributed by atoms with Crippen molar-refractivity contribution >= 4 is 5.97 Å². The quantitative estimate of drug-likeness (QED) is 0.699. The van der Waals surface area contributed by atoms with Crippen LogP contribution in [0.1, 0.15) is 19.8 Å². The number of rotatable bonds is 3. The second kappa shape index (κ2) is 3.09. The summed E-state index contributed by atoms with van der Waals surface area (Å²) < 4.78 is 5.29. The summed E-state index contributed by atoms with van der Waals surface area (Å²) in [6, 6.07) is 0. The molecule has 0 heterocycles. The molecule has 4 atom stereocenters. The van der Waals surface area contributed by atoms with Crippen LogP contribution in [-0.2, 0) is 9.53 Å². The molecular weight excluding hydrogens is 180 g/mol. The summed E-state index contributed by atoms with van der Waals surface area (Å²) in [6.07, 6.45) is 5.75. The molecule has 0 aromatic carbocycles. The maximum Gasteiger partial charge on any atom is 0.313 e. The zero-order chi connectivity index (χ0) is 10.3. The zero-order valence-corrected chi connectivity index (χ0v) is 8.56. The minimum absolute atomic E-state index is 0.0915. The lowest BCUT2D eigenvalue weighted by atomic mass is 9.96. The highest BCUT2D eigenvalue weighted by atomic mass is 16.5. The van der Waals surface area contributed by atoms with Crippen LogP contribution in [-0.4, -0.2) is 24.3 Å². The van der Waals surface area contributed by atoms with E-state index in [-0.39, 0.29) is 12.0 Å². The van der Waals surface area contributed by atoms with Gasteiger partial charge in [0.05, 0.1) is 6.10 Å². The van der Waals surface area contributed by atoms with Gasteiger partial charge in [0.15, 0.2) is 0 Å². The van der Waals surface area contributed by atoms with Crippen LogP contribution in [0.4, 0.5) is 0 Å². The first kappa shape index (κ1) is 9.71. The summed E-state index contributed by atoms with van der Waals surface area (Å²) in [5.41, 5.74) is -0.596. The Labute approximate surface area is 83.8 Å². The molecule has 0 unspecified atom stereocenters. The Balaban J connectivity index is 2.26. The molecule has 0 spiro atoms. The van der Waals surface area contributed by atoms with E-state index in [2.05, 4.69) is 0 Å². The number of fused-ring (bicyclic) bond motifs is 1. The van der Waals surface area contributed by atoms with Crippen molar-refractivity contribution in [1.82, 2.24) is 0 Å².